The Morgan fingerprint density at radius 1 is 0.974 bits per heavy atom. The molecule has 0 saturated heterocycles. The van der Waals surface area contributed by atoms with Gasteiger partial charge in [0.25, 0.3) is 5.91 Å². The van der Waals surface area contributed by atoms with Crippen LogP contribution >= 0.6 is 0 Å². The van der Waals surface area contributed by atoms with Crippen molar-refractivity contribution in [3.05, 3.63) is 30.2 Å². The van der Waals surface area contributed by atoms with Crippen molar-refractivity contribution in [1.29, 1.82) is 0 Å². The second kappa shape index (κ2) is 10.1. The molecule has 4 aliphatic rings. The lowest BCUT2D eigenvalue weighted by atomic mass is 9.86. The van der Waals surface area contributed by atoms with Gasteiger partial charge in [0.15, 0.2) is 11.5 Å². The van der Waals surface area contributed by atoms with Crippen LogP contribution in [0.1, 0.15) is 68.1 Å². The molecule has 39 heavy (non-hydrogen) atoms. The smallest absolute Gasteiger partial charge is 0.255 e. The molecule has 3 aromatic rings. The number of nitrogens with zero attached hydrogens (tertiary/aromatic N) is 2. The van der Waals surface area contributed by atoms with E-state index in [0.29, 0.717) is 57.6 Å². The fraction of sp³-hybridized carbons (Fsp3) is 0.517. The van der Waals surface area contributed by atoms with Crippen molar-refractivity contribution in [3.8, 4) is 28.5 Å². The highest BCUT2D eigenvalue weighted by Crippen LogP contribution is 2.48. The Morgan fingerprint density at radius 3 is 2.51 bits per heavy atom. The van der Waals surface area contributed by atoms with Gasteiger partial charge in [-0.3, -0.25) is 9.59 Å². The highest BCUT2D eigenvalue weighted by Gasteiger charge is 2.33. The van der Waals surface area contributed by atoms with E-state index in [1.807, 2.05) is 12.1 Å². The highest BCUT2D eigenvalue weighted by molar-refractivity contribution is 6.08. The lowest BCUT2D eigenvalue weighted by Gasteiger charge is -2.29. The van der Waals surface area contributed by atoms with E-state index >= 15 is 0 Å². The fourth-order valence-corrected chi connectivity index (χ4v) is 5.78. The molecule has 2 aromatic heterocycles. The minimum atomic E-state index is -0.171. The van der Waals surface area contributed by atoms with Crippen LogP contribution in [0.3, 0.4) is 0 Å². The Morgan fingerprint density at radius 2 is 1.77 bits per heavy atom. The highest BCUT2D eigenvalue weighted by atomic mass is 16.7. The summed E-state index contributed by atoms with van der Waals surface area (Å²) in [6.45, 7) is 0.777. The molecular weight excluding hydrogens is 498 g/mol. The molecule has 10 nitrogen and oxygen atoms in total. The summed E-state index contributed by atoms with van der Waals surface area (Å²) in [5.74, 6) is 2.72. The number of rotatable bonds is 8. The van der Waals surface area contributed by atoms with E-state index in [-0.39, 0.29) is 36.6 Å². The molecule has 0 bridgehead atoms. The molecule has 0 radical (unpaired) electrons. The number of hydrogen-bond donors (Lipinski definition) is 3. The summed E-state index contributed by atoms with van der Waals surface area (Å²) < 4.78 is 17.7. The van der Waals surface area contributed by atoms with E-state index in [2.05, 4.69) is 25.6 Å². The van der Waals surface area contributed by atoms with Crippen LogP contribution < -0.4 is 24.8 Å². The molecule has 10 heteroatoms. The number of aromatic amines is 1. The first kappa shape index (κ1) is 24.2. The van der Waals surface area contributed by atoms with Crippen molar-refractivity contribution in [2.24, 2.45) is 11.8 Å². The zero-order valence-electron chi connectivity index (χ0n) is 21.8. The van der Waals surface area contributed by atoms with Crippen LogP contribution in [0.25, 0.3) is 22.3 Å². The summed E-state index contributed by atoms with van der Waals surface area (Å²) in [6, 6.07) is 4.02. The lowest BCUT2D eigenvalue weighted by Crippen LogP contribution is -2.44. The standard InChI is InChI=1S/C29H33N5O5/c35-28(17-4-5-17)33-18-6-8-19(9-7-18)34-29(36)20-12-30-26-24(20)31-14-32-25(26)23-21(37-13-16-2-1-3-16)10-11-22-27(23)39-15-38-22/h10-12,14,16-19,30H,1-9,13,15H2,(H,33,35)(H,34,36). The van der Waals surface area contributed by atoms with Crippen LogP contribution in [-0.2, 0) is 4.79 Å². The van der Waals surface area contributed by atoms with Crippen LogP contribution in [0.2, 0.25) is 0 Å². The lowest BCUT2D eigenvalue weighted by molar-refractivity contribution is -0.123. The largest absolute Gasteiger partial charge is 0.492 e. The quantitative estimate of drug-likeness (QED) is 0.399. The minimum absolute atomic E-state index is 0.0623. The van der Waals surface area contributed by atoms with Gasteiger partial charge in [-0.2, -0.15) is 0 Å². The first-order valence-electron chi connectivity index (χ1n) is 14.1. The number of hydrogen-bond acceptors (Lipinski definition) is 7. The van der Waals surface area contributed by atoms with E-state index in [4.69, 9.17) is 14.2 Å². The van der Waals surface area contributed by atoms with E-state index in [1.54, 1.807) is 6.20 Å². The van der Waals surface area contributed by atoms with Crippen molar-refractivity contribution in [1.82, 2.24) is 25.6 Å². The number of ether oxygens (including phenoxy) is 3. The molecule has 3 heterocycles. The molecule has 7 rings (SSSR count). The van der Waals surface area contributed by atoms with Crippen LogP contribution in [0, 0.1) is 11.8 Å². The molecule has 0 spiro atoms. The van der Waals surface area contributed by atoms with Gasteiger partial charge < -0.3 is 29.8 Å². The molecule has 3 fully saturated rings. The first-order valence-corrected chi connectivity index (χ1v) is 14.1. The van der Waals surface area contributed by atoms with E-state index < -0.39 is 0 Å². The van der Waals surface area contributed by atoms with Crippen molar-refractivity contribution in [2.75, 3.05) is 13.4 Å². The monoisotopic (exact) mass is 531 g/mol. The predicted molar refractivity (Wildman–Crippen MR) is 143 cm³/mol. The molecule has 3 N–H and O–H groups in total. The average Bonchev–Trinajstić information content (AvgIpc) is 3.50. The number of H-pyrrole nitrogens is 1. The van der Waals surface area contributed by atoms with Gasteiger partial charge in [-0.05, 0) is 69.4 Å². The molecule has 1 aliphatic heterocycles. The van der Waals surface area contributed by atoms with Gasteiger partial charge in [-0.15, -0.1) is 0 Å². The molecule has 0 atom stereocenters. The zero-order valence-corrected chi connectivity index (χ0v) is 21.8. The third kappa shape index (κ3) is 4.77. The molecule has 1 aromatic carbocycles. The molecule has 0 unspecified atom stereocenters. The summed E-state index contributed by atoms with van der Waals surface area (Å²) in [5, 5.41) is 6.35. The van der Waals surface area contributed by atoms with Crippen molar-refractivity contribution < 1.29 is 23.8 Å². The van der Waals surface area contributed by atoms with Crippen molar-refractivity contribution in [3.63, 3.8) is 0 Å². The number of aromatic nitrogens is 3. The third-order valence-electron chi connectivity index (χ3n) is 8.50. The SMILES string of the molecule is O=C(NC1CCC(NC(=O)C2CC2)CC1)c1c[nH]c2c(-c3c(OCC4CCC4)ccc4c3OCO4)ncnc12. The number of benzene rings is 1. The zero-order chi connectivity index (χ0) is 26.3. The Kier molecular flexibility index (Phi) is 6.25. The number of nitrogens with one attached hydrogen (secondary N) is 3. The van der Waals surface area contributed by atoms with Crippen LogP contribution in [-0.4, -0.2) is 52.2 Å². The van der Waals surface area contributed by atoms with Crippen molar-refractivity contribution >= 4 is 22.8 Å². The van der Waals surface area contributed by atoms with Gasteiger partial charge in [0, 0.05) is 24.2 Å². The second-order valence-corrected chi connectivity index (χ2v) is 11.2. The maximum atomic E-state index is 13.3. The van der Waals surface area contributed by atoms with Gasteiger partial charge in [-0.25, -0.2) is 9.97 Å². The second-order valence-electron chi connectivity index (χ2n) is 11.2. The summed E-state index contributed by atoms with van der Waals surface area (Å²) in [6.07, 6.45) is 12.2. The summed E-state index contributed by atoms with van der Waals surface area (Å²) >= 11 is 0. The normalized spacial score (nSPS) is 22.4. The van der Waals surface area contributed by atoms with Crippen LogP contribution in [0.15, 0.2) is 24.7 Å². The van der Waals surface area contributed by atoms with E-state index in [1.165, 1.54) is 25.6 Å². The van der Waals surface area contributed by atoms with Crippen molar-refractivity contribution in [2.45, 2.75) is 69.9 Å². The minimum Gasteiger partial charge on any atom is -0.492 e. The van der Waals surface area contributed by atoms with E-state index in [0.717, 1.165) is 38.5 Å². The number of fused-ring (bicyclic) bond motifs is 2. The van der Waals surface area contributed by atoms with E-state index in [9.17, 15) is 9.59 Å². The number of carbonyl (C=O) groups excluding carboxylic acids is 2. The topological polar surface area (TPSA) is 127 Å². The molecule has 204 valence electrons. The first-order chi connectivity index (χ1) is 19.1. The Bertz CT molecular complexity index is 1400. The van der Waals surface area contributed by atoms with Gasteiger partial charge in [0.2, 0.25) is 12.7 Å². The number of amides is 2. The Hall–Kier alpha value is -3.82. The molecule has 2 amide bonds. The average molecular weight is 532 g/mol. The van der Waals surface area contributed by atoms with Gasteiger partial charge in [0.1, 0.15) is 23.3 Å². The van der Waals surface area contributed by atoms with Gasteiger partial charge in [-0.1, -0.05) is 6.42 Å². The molecule has 3 aliphatic carbocycles. The Labute approximate surface area is 226 Å². The predicted octanol–water partition coefficient (Wildman–Crippen LogP) is 4.10. The van der Waals surface area contributed by atoms with Crippen LogP contribution in [0.4, 0.5) is 0 Å². The van der Waals surface area contributed by atoms with Crippen LogP contribution in [0.5, 0.6) is 17.2 Å². The Balaban J connectivity index is 1.10. The summed E-state index contributed by atoms with van der Waals surface area (Å²) in [5.41, 5.74) is 2.98. The van der Waals surface area contributed by atoms with Gasteiger partial charge >= 0.3 is 0 Å². The molecular formula is C29H33N5O5. The maximum Gasteiger partial charge on any atom is 0.255 e. The third-order valence-corrected chi connectivity index (χ3v) is 8.50. The summed E-state index contributed by atoms with van der Waals surface area (Å²) in [4.78, 5) is 37.7. The summed E-state index contributed by atoms with van der Waals surface area (Å²) in [7, 11) is 0. The molecule has 3 saturated carbocycles. The number of carbonyl (C=O) groups is 2. The van der Waals surface area contributed by atoms with Gasteiger partial charge in [0.05, 0.1) is 23.3 Å². The fourth-order valence-electron chi connectivity index (χ4n) is 5.78. The maximum absolute atomic E-state index is 13.3.